The number of thioether (sulfide) groups is 1. The molecule has 0 radical (unpaired) electrons. The smallest absolute Gasteiger partial charge is 0.326 e. The average molecular weight is 464 g/mol. The minimum atomic E-state index is -1.45. The van der Waals surface area contributed by atoms with Crippen LogP contribution in [0.4, 0.5) is 0 Å². The predicted molar refractivity (Wildman–Crippen MR) is 109 cm³/mol. The van der Waals surface area contributed by atoms with Gasteiger partial charge in [0.25, 0.3) is 0 Å². The first-order valence-corrected chi connectivity index (χ1v) is 10.6. The van der Waals surface area contributed by atoms with Crippen molar-refractivity contribution in [3.63, 3.8) is 0 Å². The number of amides is 3. The van der Waals surface area contributed by atoms with Crippen LogP contribution in [0.2, 0.25) is 0 Å². The van der Waals surface area contributed by atoms with Crippen LogP contribution in [0.15, 0.2) is 0 Å². The largest absolute Gasteiger partial charge is 0.481 e. The zero-order chi connectivity index (χ0) is 24.1. The van der Waals surface area contributed by atoms with Crippen molar-refractivity contribution in [2.45, 2.75) is 56.8 Å². The van der Waals surface area contributed by atoms with E-state index in [0.29, 0.717) is 5.75 Å². The van der Waals surface area contributed by atoms with Crippen molar-refractivity contribution >= 4 is 47.4 Å². The highest BCUT2D eigenvalue weighted by atomic mass is 32.2. The molecule has 0 aromatic rings. The van der Waals surface area contributed by atoms with Crippen molar-refractivity contribution in [3.8, 4) is 0 Å². The third-order valence-corrected chi connectivity index (χ3v) is 4.63. The Kier molecular flexibility index (Phi) is 12.9. The van der Waals surface area contributed by atoms with Crippen molar-refractivity contribution < 1.29 is 44.1 Å². The molecule has 0 aliphatic rings. The third-order valence-electron chi connectivity index (χ3n) is 3.99. The number of carbonyl (C=O) groups excluding carboxylic acids is 3. The number of rotatable bonds is 15. The van der Waals surface area contributed by atoms with E-state index in [9.17, 15) is 28.8 Å². The normalized spacial score (nSPS) is 14.4. The van der Waals surface area contributed by atoms with Crippen molar-refractivity contribution in [2.75, 3.05) is 12.0 Å². The van der Waals surface area contributed by atoms with Gasteiger partial charge in [-0.2, -0.15) is 11.8 Å². The Hall–Kier alpha value is -2.87. The fraction of sp³-hybridized carbons (Fsp3) is 0.647. The number of carbonyl (C=O) groups is 6. The average Bonchev–Trinajstić information content (AvgIpc) is 2.66. The molecular formula is C17H28N4O9S. The van der Waals surface area contributed by atoms with Gasteiger partial charge in [-0.25, -0.2) is 4.79 Å². The quantitative estimate of drug-likeness (QED) is 0.140. The van der Waals surface area contributed by atoms with Crippen LogP contribution in [0.1, 0.15) is 32.6 Å². The summed E-state index contributed by atoms with van der Waals surface area (Å²) in [6.07, 6.45) is 0.492. The number of nitrogens with one attached hydrogen (secondary N) is 3. The zero-order valence-electron chi connectivity index (χ0n) is 17.1. The summed E-state index contributed by atoms with van der Waals surface area (Å²) in [5, 5.41) is 33.3. The van der Waals surface area contributed by atoms with Crippen LogP contribution >= 0.6 is 11.8 Å². The van der Waals surface area contributed by atoms with Gasteiger partial charge in [0.2, 0.25) is 17.7 Å². The zero-order valence-corrected chi connectivity index (χ0v) is 17.9. The van der Waals surface area contributed by atoms with Gasteiger partial charge < -0.3 is 37.0 Å². The molecule has 0 saturated heterocycles. The number of carboxylic acids is 3. The topological polar surface area (TPSA) is 225 Å². The molecule has 4 unspecified atom stereocenters. The van der Waals surface area contributed by atoms with Crippen LogP contribution in [-0.4, -0.2) is 87.1 Å². The summed E-state index contributed by atoms with van der Waals surface area (Å²) < 4.78 is 0. The molecule has 31 heavy (non-hydrogen) atoms. The number of hydrogen-bond donors (Lipinski definition) is 7. The van der Waals surface area contributed by atoms with Gasteiger partial charge in [-0.15, -0.1) is 0 Å². The molecule has 0 aromatic heterocycles. The summed E-state index contributed by atoms with van der Waals surface area (Å²) in [6.45, 7) is 1.28. The first-order valence-electron chi connectivity index (χ1n) is 9.21. The molecule has 0 heterocycles. The van der Waals surface area contributed by atoms with Gasteiger partial charge in [0.15, 0.2) is 0 Å². The Labute approximate surface area is 182 Å². The second kappa shape index (κ2) is 14.2. The molecule has 14 heteroatoms. The van der Waals surface area contributed by atoms with E-state index >= 15 is 0 Å². The van der Waals surface area contributed by atoms with Crippen molar-refractivity contribution in [1.29, 1.82) is 0 Å². The molecule has 0 saturated carbocycles. The van der Waals surface area contributed by atoms with Gasteiger partial charge in [-0.1, -0.05) is 0 Å². The van der Waals surface area contributed by atoms with Gasteiger partial charge in [0, 0.05) is 6.42 Å². The highest BCUT2D eigenvalue weighted by Crippen LogP contribution is 2.04. The Balaban J connectivity index is 5.03. The van der Waals surface area contributed by atoms with E-state index in [2.05, 4.69) is 16.0 Å². The standard InChI is InChI=1S/C17H28N4O9S/c1-8(14(26)21-11(17(29)30)3-4-12(22)23)19-16(28)10(5-6-31-2)20-15(27)9(18)7-13(24)25/h8-11H,3-7,18H2,1-2H3,(H,19,28)(H,20,27)(H,21,26)(H,22,23)(H,24,25)(H,29,30). The van der Waals surface area contributed by atoms with Gasteiger partial charge in [0.1, 0.15) is 18.1 Å². The summed E-state index contributed by atoms with van der Waals surface area (Å²) in [6, 6.07) is -5.12. The maximum absolute atomic E-state index is 12.5. The van der Waals surface area contributed by atoms with Gasteiger partial charge in [0.05, 0.1) is 12.5 Å². The van der Waals surface area contributed by atoms with Crippen LogP contribution < -0.4 is 21.7 Å². The summed E-state index contributed by atoms with van der Waals surface area (Å²) in [5.41, 5.74) is 5.49. The molecule has 0 aliphatic heterocycles. The number of nitrogens with two attached hydrogens (primary N) is 1. The molecule has 0 spiro atoms. The summed E-state index contributed by atoms with van der Waals surface area (Å²) in [7, 11) is 0. The molecule has 0 bridgehead atoms. The van der Waals surface area contributed by atoms with E-state index in [4.69, 9.17) is 21.1 Å². The molecule has 8 N–H and O–H groups in total. The second-order valence-electron chi connectivity index (χ2n) is 6.61. The lowest BCUT2D eigenvalue weighted by atomic mass is 10.1. The molecule has 0 rings (SSSR count). The Bertz CT molecular complexity index is 689. The van der Waals surface area contributed by atoms with E-state index in [1.54, 1.807) is 6.26 Å². The van der Waals surface area contributed by atoms with Gasteiger partial charge in [-0.3, -0.25) is 24.0 Å². The van der Waals surface area contributed by atoms with Crippen LogP contribution in [-0.2, 0) is 28.8 Å². The summed E-state index contributed by atoms with van der Waals surface area (Å²) in [4.78, 5) is 69.2. The molecule has 0 aliphatic carbocycles. The van der Waals surface area contributed by atoms with Crippen LogP contribution in [0.3, 0.4) is 0 Å². The number of hydrogen-bond acceptors (Lipinski definition) is 8. The van der Waals surface area contributed by atoms with Crippen LogP contribution in [0.25, 0.3) is 0 Å². The monoisotopic (exact) mass is 464 g/mol. The van der Waals surface area contributed by atoms with Crippen molar-refractivity contribution in [1.82, 2.24) is 16.0 Å². The SMILES string of the molecule is CSCCC(NC(=O)C(N)CC(=O)O)C(=O)NC(C)C(=O)NC(CCC(=O)O)C(=O)O. The maximum Gasteiger partial charge on any atom is 0.326 e. The van der Waals surface area contributed by atoms with E-state index in [1.807, 2.05) is 0 Å². The van der Waals surface area contributed by atoms with E-state index in [-0.39, 0.29) is 12.8 Å². The summed E-state index contributed by atoms with van der Waals surface area (Å²) >= 11 is 1.39. The minimum Gasteiger partial charge on any atom is -0.481 e. The maximum atomic E-state index is 12.5. The highest BCUT2D eigenvalue weighted by Gasteiger charge is 2.28. The van der Waals surface area contributed by atoms with Crippen molar-refractivity contribution in [3.05, 3.63) is 0 Å². The third kappa shape index (κ3) is 11.8. The van der Waals surface area contributed by atoms with E-state index < -0.39 is 72.6 Å². The van der Waals surface area contributed by atoms with Crippen LogP contribution in [0, 0.1) is 0 Å². The predicted octanol–water partition coefficient (Wildman–Crippen LogP) is -2.03. The first-order chi connectivity index (χ1) is 14.4. The number of aliphatic carboxylic acids is 3. The lowest BCUT2D eigenvalue weighted by Crippen LogP contribution is -2.56. The fourth-order valence-corrected chi connectivity index (χ4v) is 2.74. The van der Waals surface area contributed by atoms with Gasteiger partial charge >= 0.3 is 17.9 Å². The highest BCUT2D eigenvalue weighted by molar-refractivity contribution is 7.98. The molecule has 4 atom stereocenters. The fourth-order valence-electron chi connectivity index (χ4n) is 2.27. The minimum absolute atomic E-state index is 0.170. The number of carboxylic acid groups (broad SMARTS) is 3. The molecule has 3 amide bonds. The first kappa shape index (κ1) is 28.1. The Morgan fingerprint density at radius 3 is 1.90 bits per heavy atom. The lowest BCUT2D eigenvalue weighted by Gasteiger charge is -2.23. The molecule has 0 aromatic carbocycles. The van der Waals surface area contributed by atoms with E-state index in [1.165, 1.54) is 18.7 Å². The van der Waals surface area contributed by atoms with E-state index in [0.717, 1.165) is 0 Å². The lowest BCUT2D eigenvalue weighted by molar-refractivity contribution is -0.143. The Morgan fingerprint density at radius 2 is 1.42 bits per heavy atom. The van der Waals surface area contributed by atoms with Gasteiger partial charge in [-0.05, 0) is 31.8 Å². The van der Waals surface area contributed by atoms with Crippen molar-refractivity contribution in [2.24, 2.45) is 5.73 Å². The summed E-state index contributed by atoms with van der Waals surface area (Å²) in [5.74, 6) is -5.92. The molecular weight excluding hydrogens is 436 g/mol. The van der Waals surface area contributed by atoms with Crippen LogP contribution in [0.5, 0.6) is 0 Å². The molecule has 13 nitrogen and oxygen atoms in total. The second-order valence-corrected chi connectivity index (χ2v) is 7.59. The molecule has 176 valence electrons. The molecule has 0 fully saturated rings. The Morgan fingerprint density at radius 1 is 0.839 bits per heavy atom.